The predicted octanol–water partition coefficient (Wildman–Crippen LogP) is 2.67. The molecule has 3 N–H and O–H groups in total. The number of aliphatic hydroxyl groups excluding tert-OH is 1. The number of rotatable bonds is 9. The van der Waals surface area contributed by atoms with E-state index in [1.807, 2.05) is 30.3 Å². The van der Waals surface area contributed by atoms with Crippen molar-refractivity contribution in [2.45, 2.75) is 38.0 Å². The van der Waals surface area contributed by atoms with Crippen molar-refractivity contribution in [1.29, 1.82) is 0 Å². The molecule has 0 spiro atoms. The van der Waals surface area contributed by atoms with Crippen LogP contribution < -0.4 is 10.1 Å². The normalized spacial score (nSPS) is 14.8. The molecule has 2 aromatic carbocycles. The fourth-order valence-corrected chi connectivity index (χ4v) is 2.83. The molecule has 0 saturated carbocycles. The smallest absolute Gasteiger partial charge is 0.123 e. The van der Waals surface area contributed by atoms with Crippen molar-refractivity contribution in [1.82, 2.24) is 5.32 Å². The topological polar surface area (TPSA) is 61.7 Å². The van der Waals surface area contributed by atoms with E-state index in [0.29, 0.717) is 24.3 Å². The lowest BCUT2D eigenvalue weighted by Gasteiger charge is -2.33. The molecule has 4 nitrogen and oxygen atoms in total. The molecule has 0 aliphatic rings. The Morgan fingerprint density at radius 1 is 1.20 bits per heavy atom. The van der Waals surface area contributed by atoms with Gasteiger partial charge < -0.3 is 20.3 Å². The molecule has 0 heterocycles. The molecular weight excluding hydrogens is 321 g/mol. The summed E-state index contributed by atoms with van der Waals surface area (Å²) < 4.78 is 18.8. The van der Waals surface area contributed by atoms with Crippen LogP contribution >= 0.6 is 0 Å². The van der Waals surface area contributed by atoms with Gasteiger partial charge in [0.05, 0.1) is 18.8 Å². The average molecular weight is 347 g/mol. The van der Waals surface area contributed by atoms with Crippen LogP contribution in [0.15, 0.2) is 48.5 Å². The number of hydrogen-bond acceptors (Lipinski definition) is 4. The zero-order valence-electron chi connectivity index (χ0n) is 14.7. The first-order valence-corrected chi connectivity index (χ1v) is 8.46. The second-order valence-corrected chi connectivity index (χ2v) is 6.22. The number of aliphatic hydroxyl groups is 2. The minimum absolute atomic E-state index is 0.110. The van der Waals surface area contributed by atoms with Crippen LogP contribution in [0.3, 0.4) is 0 Å². The number of benzene rings is 2. The van der Waals surface area contributed by atoms with Crippen LogP contribution in [0.2, 0.25) is 0 Å². The Kier molecular flexibility index (Phi) is 6.93. The Hall–Kier alpha value is -1.95. The number of ether oxygens (including phenoxy) is 1. The molecule has 5 heteroatoms. The fraction of sp³-hybridized carbons (Fsp3) is 0.400. The molecule has 2 aromatic rings. The molecule has 0 aliphatic heterocycles. The first-order valence-electron chi connectivity index (χ1n) is 8.46. The fourth-order valence-electron chi connectivity index (χ4n) is 2.83. The molecule has 0 aromatic heterocycles. The third-order valence-corrected chi connectivity index (χ3v) is 4.48. The van der Waals surface area contributed by atoms with Crippen LogP contribution in [0.25, 0.3) is 0 Å². The van der Waals surface area contributed by atoms with Crippen molar-refractivity contribution in [3.63, 3.8) is 0 Å². The van der Waals surface area contributed by atoms with Crippen LogP contribution in [0.4, 0.5) is 4.39 Å². The number of halogens is 1. The molecule has 2 atom stereocenters. The van der Waals surface area contributed by atoms with Gasteiger partial charge in [0.2, 0.25) is 0 Å². The van der Waals surface area contributed by atoms with Crippen LogP contribution in [-0.4, -0.2) is 35.6 Å². The SMILES string of the molecule is CCC(O)(Cc1cc(F)ccc1OC)C(O)CNCc1ccccc1. The van der Waals surface area contributed by atoms with Crippen molar-refractivity contribution < 1.29 is 19.3 Å². The van der Waals surface area contributed by atoms with Crippen LogP contribution in [0.5, 0.6) is 5.75 Å². The highest BCUT2D eigenvalue weighted by Crippen LogP contribution is 2.28. The number of hydrogen-bond donors (Lipinski definition) is 3. The summed E-state index contributed by atoms with van der Waals surface area (Å²) in [6, 6.07) is 14.0. The van der Waals surface area contributed by atoms with E-state index in [0.717, 1.165) is 5.56 Å². The maximum atomic E-state index is 13.5. The summed E-state index contributed by atoms with van der Waals surface area (Å²) >= 11 is 0. The van der Waals surface area contributed by atoms with E-state index >= 15 is 0 Å². The molecule has 2 unspecified atom stereocenters. The average Bonchev–Trinajstić information content (AvgIpc) is 2.62. The molecule has 0 fully saturated rings. The predicted molar refractivity (Wildman–Crippen MR) is 96.1 cm³/mol. The van der Waals surface area contributed by atoms with Crippen molar-refractivity contribution in [2.75, 3.05) is 13.7 Å². The van der Waals surface area contributed by atoms with E-state index in [4.69, 9.17) is 4.74 Å². The Morgan fingerprint density at radius 2 is 1.92 bits per heavy atom. The summed E-state index contributed by atoms with van der Waals surface area (Å²) in [5.74, 6) is 0.101. The molecule has 0 radical (unpaired) electrons. The van der Waals surface area contributed by atoms with Crippen LogP contribution in [0.1, 0.15) is 24.5 Å². The van der Waals surface area contributed by atoms with Crippen molar-refractivity contribution >= 4 is 0 Å². The van der Waals surface area contributed by atoms with Gasteiger partial charge in [0.25, 0.3) is 0 Å². The number of methoxy groups -OCH3 is 1. The summed E-state index contributed by atoms with van der Waals surface area (Å²) in [6.07, 6.45) is -0.548. The maximum absolute atomic E-state index is 13.5. The summed E-state index contributed by atoms with van der Waals surface area (Å²) in [6.45, 7) is 2.63. The second-order valence-electron chi connectivity index (χ2n) is 6.22. The molecule has 0 bridgehead atoms. The van der Waals surface area contributed by atoms with E-state index < -0.39 is 17.5 Å². The summed E-state index contributed by atoms with van der Waals surface area (Å²) in [5, 5.41) is 24.5. The van der Waals surface area contributed by atoms with Gasteiger partial charge in [0.1, 0.15) is 11.6 Å². The zero-order chi connectivity index (χ0) is 18.3. The monoisotopic (exact) mass is 347 g/mol. The van der Waals surface area contributed by atoms with E-state index in [-0.39, 0.29) is 13.0 Å². The highest BCUT2D eigenvalue weighted by atomic mass is 19.1. The van der Waals surface area contributed by atoms with Gasteiger partial charge in [-0.3, -0.25) is 0 Å². The Balaban J connectivity index is 2.01. The van der Waals surface area contributed by atoms with Crippen molar-refractivity contribution in [2.24, 2.45) is 0 Å². The van der Waals surface area contributed by atoms with Crippen LogP contribution in [0, 0.1) is 5.82 Å². The third kappa shape index (κ3) is 5.26. The highest BCUT2D eigenvalue weighted by Gasteiger charge is 2.34. The highest BCUT2D eigenvalue weighted by molar-refractivity contribution is 5.35. The molecule has 0 aliphatic carbocycles. The minimum atomic E-state index is -1.37. The van der Waals surface area contributed by atoms with Gasteiger partial charge in [0.15, 0.2) is 0 Å². The summed E-state index contributed by atoms with van der Waals surface area (Å²) in [5.41, 5.74) is 0.264. The van der Waals surface area contributed by atoms with E-state index in [1.165, 1.54) is 25.3 Å². The first-order chi connectivity index (χ1) is 12.0. The lowest BCUT2D eigenvalue weighted by molar-refractivity contribution is -0.0757. The standard InChI is InChI=1S/C20H26FNO3/c1-3-20(24,12-16-11-17(21)9-10-18(16)25-2)19(23)14-22-13-15-7-5-4-6-8-15/h4-11,19,22-24H,3,12-14H2,1-2H3. The first kappa shape index (κ1) is 19.4. The van der Waals surface area contributed by atoms with E-state index in [9.17, 15) is 14.6 Å². The Labute approximate surface area is 148 Å². The Morgan fingerprint density at radius 3 is 2.56 bits per heavy atom. The van der Waals surface area contributed by atoms with Gasteiger partial charge >= 0.3 is 0 Å². The van der Waals surface area contributed by atoms with Gasteiger partial charge in [-0.25, -0.2) is 4.39 Å². The lowest BCUT2D eigenvalue weighted by Crippen LogP contribution is -2.49. The largest absolute Gasteiger partial charge is 0.496 e. The lowest BCUT2D eigenvalue weighted by atomic mass is 9.86. The van der Waals surface area contributed by atoms with Crippen LogP contribution in [-0.2, 0) is 13.0 Å². The van der Waals surface area contributed by atoms with Crippen molar-refractivity contribution in [3.8, 4) is 5.75 Å². The zero-order valence-corrected chi connectivity index (χ0v) is 14.7. The van der Waals surface area contributed by atoms with Crippen molar-refractivity contribution in [3.05, 3.63) is 65.5 Å². The molecule has 0 amide bonds. The van der Waals surface area contributed by atoms with Gasteiger partial charge in [-0.15, -0.1) is 0 Å². The molecule has 25 heavy (non-hydrogen) atoms. The summed E-state index contributed by atoms with van der Waals surface area (Å²) in [7, 11) is 1.50. The minimum Gasteiger partial charge on any atom is -0.496 e. The quantitative estimate of drug-likeness (QED) is 0.653. The van der Waals surface area contributed by atoms with Gasteiger partial charge in [-0.1, -0.05) is 37.3 Å². The molecule has 136 valence electrons. The maximum Gasteiger partial charge on any atom is 0.123 e. The van der Waals surface area contributed by atoms with Gasteiger partial charge in [-0.2, -0.15) is 0 Å². The van der Waals surface area contributed by atoms with Gasteiger partial charge in [-0.05, 0) is 35.7 Å². The Bertz CT molecular complexity index is 665. The molecule has 2 rings (SSSR count). The third-order valence-electron chi connectivity index (χ3n) is 4.48. The second kappa shape index (κ2) is 8.94. The van der Waals surface area contributed by atoms with Gasteiger partial charge in [0, 0.05) is 19.5 Å². The summed E-state index contributed by atoms with van der Waals surface area (Å²) in [4.78, 5) is 0. The van der Waals surface area contributed by atoms with E-state index in [2.05, 4.69) is 5.32 Å². The van der Waals surface area contributed by atoms with E-state index in [1.54, 1.807) is 6.92 Å². The molecule has 0 saturated heterocycles. The molecular formula is C20H26FNO3. The number of nitrogens with one attached hydrogen (secondary N) is 1.